The first-order chi connectivity index (χ1) is 11.9. The van der Waals surface area contributed by atoms with Crippen LogP contribution in [-0.2, 0) is 16.2 Å². The van der Waals surface area contributed by atoms with Gasteiger partial charge in [0.1, 0.15) is 19.5 Å². The van der Waals surface area contributed by atoms with Crippen LogP contribution in [-0.4, -0.2) is 37.7 Å². The van der Waals surface area contributed by atoms with Gasteiger partial charge in [-0.15, -0.1) is 0 Å². The van der Waals surface area contributed by atoms with E-state index in [2.05, 4.69) is 11.2 Å². The fraction of sp³-hybridized carbons (Fsp3) is 0.300. The van der Waals surface area contributed by atoms with Crippen molar-refractivity contribution in [3.8, 4) is 5.75 Å². The van der Waals surface area contributed by atoms with Crippen molar-refractivity contribution in [2.24, 2.45) is 5.16 Å². The number of benzene rings is 2. The molecule has 1 amide bonds. The number of hydrogen-bond acceptors (Lipinski definition) is 4. The van der Waals surface area contributed by atoms with E-state index in [1.54, 1.807) is 14.1 Å². The zero-order valence-corrected chi connectivity index (χ0v) is 15.4. The highest BCUT2D eigenvalue weighted by Gasteiger charge is 2.20. The van der Waals surface area contributed by atoms with Crippen molar-refractivity contribution in [3.63, 3.8) is 0 Å². The molecule has 0 aliphatic heterocycles. The Morgan fingerprint density at radius 2 is 1.84 bits per heavy atom. The number of amides is 1. The number of aryl methyl sites for hydroxylation is 2. The predicted molar refractivity (Wildman–Crippen MR) is 98.9 cm³/mol. The van der Waals surface area contributed by atoms with Crippen LogP contribution in [0.15, 0.2) is 47.6 Å². The normalized spacial score (nSPS) is 11.2. The summed E-state index contributed by atoms with van der Waals surface area (Å²) in [6.07, 6.45) is 0. The second kappa shape index (κ2) is 8.33. The minimum Gasteiger partial charge on any atom is -0.489 e. The molecule has 0 aliphatic carbocycles. The number of rotatable bonds is 6. The second-order valence-electron chi connectivity index (χ2n) is 6.04. The Hall–Kier alpha value is -2.82. The van der Waals surface area contributed by atoms with Gasteiger partial charge in [-0.1, -0.05) is 41.6 Å². The molecule has 5 nitrogen and oxygen atoms in total. The van der Waals surface area contributed by atoms with Crippen LogP contribution in [0.2, 0.25) is 0 Å². The largest absolute Gasteiger partial charge is 0.489 e. The fourth-order valence-corrected chi connectivity index (χ4v) is 2.40. The quantitative estimate of drug-likeness (QED) is 0.599. The molecule has 2 aromatic carbocycles. The molecule has 0 aliphatic rings. The Labute approximate surface area is 148 Å². The minimum atomic E-state index is -0.221. The summed E-state index contributed by atoms with van der Waals surface area (Å²) in [6.45, 7) is 4.37. The summed E-state index contributed by atoms with van der Waals surface area (Å²) in [5.41, 5.74) is 4.03. The Kier molecular flexibility index (Phi) is 6.17. The van der Waals surface area contributed by atoms with Gasteiger partial charge in [-0.2, -0.15) is 0 Å². The predicted octanol–water partition coefficient (Wildman–Crippen LogP) is 3.32. The summed E-state index contributed by atoms with van der Waals surface area (Å²) >= 11 is 0. The molecule has 0 heterocycles. The maximum atomic E-state index is 12.4. The smallest absolute Gasteiger partial charge is 0.276 e. The van der Waals surface area contributed by atoms with Crippen molar-refractivity contribution in [3.05, 3.63) is 64.7 Å². The first kappa shape index (κ1) is 18.5. The van der Waals surface area contributed by atoms with E-state index in [4.69, 9.17) is 9.57 Å². The van der Waals surface area contributed by atoms with Crippen LogP contribution in [0.1, 0.15) is 22.3 Å². The monoisotopic (exact) mass is 340 g/mol. The molecule has 2 rings (SSSR count). The third-order valence-electron chi connectivity index (χ3n) is 3.79. The van der Waals surface area contributed by atoms with Gasteiger partial charge in [0.25, 0.3) is 5.91 Å². The molecule has 25 heavy (non-hydrogen) atoms. The van der Waals surface area contributed by atoms with Crippen molar-refractivity contribution in [1.29, 1.82) is 0 Å². The summed E-state index contributed by atoms with van der Waals surface area (Å²) in [4.78, 5) is 18.8. The van der Waals surface area contributed by atoms with Crippen molar-refractivity contribution in [2.75, 3.05) is 21.2 Å². The number of hydrogen-bond donors (Lipinski definition) is 0. The summed E-state index contributed by atoms with van der Waals surface area (Å²) in [5.74, 6) is 0.611. The molecule has 0 spiro atoms. The Morgan fingerprint density at radius 3 is 2.52 bits per heavy atom. The van der Waals surface area contributed by atoms with E-state index in [9.17, 15) is 4.79 Å². The summed E-state index contributed by atoms with van der Waals surface area (Å²) < 4.78 is 5.99. The van der Waals surface area contributed by atoms with Crippen LogP contribution in [0.3, 0.4) is 0 Å². The van der Waals surface area contributed by atoms with E-state index in [0.29, 0.717) is 12.2 Å². The summed E-state index contributed by atoms with van der Waals surface area (Å²) in [6, 6.07) is 13.6. The SMILES string of the molecule is CO/N=C(/C(=O)N(C)C)c1ccccc1COc1cc(C)ccc1C. The number of ether oxygens (including phenoxy) is 1. The topological polar surface area (TPSA) is 51.1 Å². The third-order valence-corrected chi connectivity index (χ3v) is 3.79. The number of oxime groups is 1. The van der Waals surface area contributed by atoms with Crippen molar-refractivity contribution in [2.45, 2.75) is 20.5 Å². The van der Waals surface area contributed by atoms with Gasteiger partial charge in [-0.25, -0.2) is 0 Å². The lowest BCUT2D eigenvalue weighted by Gasteiger charge is -2.16. The van der Waals surface area contributed by atoms with Crippen LogP contribution < -0.4 is 4.74 Å². The molecule has 0 bridgehead atoms. The van der Waals surface area contributed by atoms with Gasteiger partial charge in [0, 0.05) is 19.7 Å². The fourth-order valence-electron chi connectivity index (χ4n) is 2.40. The molecule has 0 N–H and O–H groups in total. The van der Waals surface area contributed by atoms with Gasteiger partial charge in [0.15, 0.2) is 5.71 Å². The highest BCUT2D eigenvalue weighted by Crippen LogP contribution is 2.21. The molecule has 0 saturated carbocycles. The lowest BCUT2D eigenvalue weighted by molar-refractivity contribution is -0.121. The molecule has 132 valence electrons. The van der Waals surface area contributed by atoms with Crippen LogP contribution in [0.25, 0.3) is 0 Å². The van der Waals surface area contributed by atoms with Gasteiger partial charge in [0.2, 0.25) is 0 Å². The molecule has 5 heteroatoms. The lowest BCUT2D eigenvalue weighted by Crippen LogP contribution is -2.31. The van der Waals surface area contributed by atoms with Crippen molar-refractivity contribution in [1.82, 2.24) is 4.90 Å². The maximum absolute atomic E-state index is 12.4. The molecular formula is C20H24N2O3. The molecule has 0 saturated heterocycles. The summed E-state index contributed by atoms with van der Waals surface area (Å²) in [5, 5.41) is 3.93. The number of carbonyl (C=O) groups is 1. The highest BCUT2D eigenvalue weighted by atomic mass is 16.6. The molecule has 0 radical (unpaired) electrons. The van der Waals surface area contributed by atoms with Gasteiger partial charge in [-0.3, -0.25) is 4.79 Å². The number of nitrogens with zero attached hydrogens (tertiary/aromatic N) is 2. The van der Waals surface area contributed by atoms with Crippen LogP contribution in [0, 0.1) is 13.8 Å². The minimum absolute atomic E-state index is 0.221. The second-order valence-corrected chi connectivity index (χ2v) is 6.04. The zero-order chi connectivity index (χ0) is 18.4. The van der Waals surface area contributed by atoms with Gasteiger partial charge in [0.05, 0.1) is 0 Å². The van der Waals surface area contributed by atoms with E-state index in [1.807, 2.05) is 50.2 Å². The average molecular weight is 340 g/mol. The molecular weight excluding hydrogens is 316 g/mol. The van der Waals surface area contributed by atoms with Crippen LogP contribution in [0.5, 0.6) is 5.75 Å². The zero-order valence-electron chi connectivity index (χ0n) is 15.4. The van der Waals surface area contributed by atoms with Gasteiger partial charge in [-0.05, 0) is 36.6 Å². The third kappa shape index (κ3) is 4.59. The van der Waals surface area contributed by atoms with Crippen molar-refractivity contribution < 1.29 is 14.4 Å². The van der Waals surface area contributed by atoms with Crippen LogP contribution in [0.4, 0.5) is 0 Å². The molecule has 0 unspecified atom stereocenters. The Bertz CT molecular complexity index is 782. The average Bonchev–Trinajstić information content (AvgIpc) is 2.60. The lowest BCUT2D eigenvalue weighted by atomic mass is 10.0. The molecule has 0 aromatic heterocycles. The molecule has 0 fully saturated rings. The van der Waals surface area contributed by atoms with Crippen LogP contribution >= 0.6 is 0 Å². The van der Waals surface area contributed by atoms with Gasteiger partial charge < -0.3 is 14.5 Å². The van der Waals surface area contributed by atoms with E-state index >= 15 is 0 Å². The summed E-state index contributed by atoms with van der Waals surface area (Å²) in [7, 11) is 4.80. The number of carbonyl (C=O) groups excluding carboxylic acids is 1. The van der Waals surface area contributed by atoms with E-state index in [0.717, 1.165) is 22.4 Å². The van der Waals surface area contributed by atoms with E-state index in [1.165, 1.54) is 12.0 Å². The number of likely N-dealkylation sites (N-methyl/N-ethyl adjacent to an activating group) is 1. The van der Waals surface area contributed by atoms with Crippen molar-refractivity contribution >= 4 is 11.6 Å². The van der Waals surface area contributed by atoms with Gasteiger partial charge >= 0.3 is 0 Å². The Morgan fingerprint density at radius 1 is 1.12 bits per heavy atom. The highest BCUT2D eigenvalue weighted by molar-refractivity contribution is 6.45. The maximum Gasteiger partial charge on any atom is 0.276 e. The Balaban J connectivity index is 2.32. The molecule has 0 atom stereocenters. The first-order valence-corrected chi connectivity index (χ1v) is 8.05. The van der Waals surface area contributed by atoms with E-state index in [-0.39, 0.29) is 11.6 Å². The van der Waals surface area contributed by atoms with E-state index < -0.39 is 0 Å². The molecule has 2 aromatic rings. The standard InChI is InChI=1S/C20H24N2O3/c1-14-10-11-15(2)18(12-14)25-13-16-8-6-7-9-17(16)19(21-24-5)20(23)22(3)4/h6-12H,13H2,1-5H3/b21-19+. The first-order valence-electron chi connectivity index (χ1n) is 8.05.